The molecule has 2 aliphatic rings. The zero-order valence-corrected chi connectivity index (χ0v) is 12.6. The van der Waals surface area contributed by atoms with Crippen LogP contribution in [0, 0.1) is 5.92 Å². The molecule has 0 saturated carbocycles. The van der Waals surface area contributed by atoms with Gasteiger partial charge in [-0.25, -0.2) is 0 Å². The molecule has 3 atom stereocenters. The van der Waals surface area contributed by atoms with Crippen LogP contribution in [-0.4, -0.2) is 60.8 Å². The molecular weight excluding hydrogens is 224 g/mol. The van der Waals surface area contributed by atoms with Gasteiger partial charge in [-0.2, -0.15) is 0 Å². The maximum absolute atomic E-state index is 5.71. The maximum atomic E-state index is 5.71. The number of fused-ring (bicyclic) bond motifs is 1. The van der Waals surface area contributed by atoms with E-state index in [-0.39, 0.29) is 0 Å². The summed E-state index contributed by atoms with van der Waals surface area (Å²) in [7, 11) is 0. The first-order chi connectivity index (χ1) is 8.63. The summed E-state index contributed by atoms with van der Waals surface area (Å²) >= 11 is 0. The van der Waals surface area contributed by atoms with Crippen LogP contribution in [0.5, 0.6) is 0 Å². The van der Waals surface area contributed by atoms with Crippen LogP contribution in [-0.2, 0) is 4.74 Å². The molecule has 18 heavy (non-hydrogen) atoms. The quantitative estimate of drug-likeness (QED) is 0.748. The van der Waals surface area contributed by atoms with Crippen molar-refractivity contribution in [1.29, 1.82) is 0 Å². The minimum absolute atomic E-state index is 0.586. The van der Waals surface area contributed by atoms with E-state index in [1.54, 1.807) is 0 Å². The zero-order valence-electron chi connectivity index (χ0n) is 12.6. The fraction of sp³-hybridized carbons (Fsp3) is 1.00. The van der Waals surface area contributed by atoms with Crippen molar-refractivity contribution in [3.05, 3.63) is 0 Å². The van der Waals surface area contributed by atoms with Gasteiger partial charge in [0, 0.05) is 37.8 Å². The smallest absolute Gasteiger partial charge is 0.0624 e. The molecule has 0 aliphatic carbocycles. The molecule has 0 aromatic carbocycles. The summed E-state index contributed by atoms with van der Waals surface area (Å²) in [5.41, 5.74) is 0. The number of ether oxygens (including phenoxy) is 1. The van der Waals surface area contributed by atoms with Crippen LogP contribution in [0.3, 0.4) is 0 Å². The molecule has 0 N–H and O–H groups in total. The molecule has 2 heterocycles. The fourth-order valence-electron chi connectivity index (χ4n) is 3.58. The Morgan fingerprint density at radius 3 is 2.72 bits per heavy atom. The summed E-state index contributed by atoms with van der Waals surface area (Å²) in [5.74, 6) is 0.673. The van der Waals surface area contributed by atoms with E-state index in [9.17, 15) is 0 Å². The Morgan fingerprint density at radius 2 is 2.06 bits per heavy atom. The molecule has 0 radical (unpaired) electrons. The van der Waals surface area contributed by atoms with E-state index < -0.39 is 0 Å². The molecule has 3 nitrogen and oxygen atoms in total. The van der Waals surface area contributed by atoms with Crippen molar-refractivity contribution in [3.63, 3.8) is 0 Å². The van der Waals surface area contributed by atoms with E-state index in [0.29, 0.717) is 18.0 Å². The van der Waals surface area contributed by atoms with Gasteiger partial charge in [0.2, 0.25) is 0 Å². The lowest BCUT2D eigenvalue weighted by molar-refractivity contribution is -0.0231. The molecule has 0 aromatic rings. The largest absolute Gasteiger partial charge is 0.380 e. The number of hydrogen-bond acceptors (Lipinski definition) is 3. The standard InChI is InChI=1S/C15H30N2O/c1-5-18-11-15(12(2)3)17-10-14-7-6-8-16(14)9-13(17)4/h12-15H,5-11H2,1-4H3. The van der Waals surface area contributed by atoms with Crippen LogP contribution in [0.25, 0.3) is 0 Å². The summed E-state index contributed by atoms with van der Waals surface area (Å²) in [6.45, 7) is 14.7. The van der Waals surface area contributed by atoms with E-state index in [0.717, 1.165) is 19.3 Å². The number of rotatable bonds is 5. The van der Waals surface area contributed by atoms with Gasteiger partial charge < -0.3 is 4.74 Å². The van der Waals surface area contributed by atoms with E-state index in [4.69, 9.17) is 4.74 Å². The average molecular weight is 254 g/mol. The molecule has 3 unspecified atom stereocenters. The van der Waals surface area contributed by atoms with Crippen molar-refractivity contribution in [3.8, 4) is 0 Å². The fourth-order valence-corrected chi connectivity index (χ4v) is 3.58. The molecule has 2 aliphatic heterocycles. The van der Waals surface area contributed by atoms with E-state index in [1.807, 2.05) is 0 Å². The van der Waals surface area contributed by atoms with Gasteiger partial charge in [0.1, 0.15) is 0 Å². The van der Waals surface area contributed by atoms with Gasteiger partial charge in [-0.15, -0.1) is 0 Å². The van der Waals surface area contributed by atoms with Crippen LogP contribution < -0.4 is 0 Å². The Kier molecular flexibility index (Phi) is 5.05. The third-order valence-corrected chi connectivity index (χ3v) is 4.67. The van der Waals surface area contributed by atoms with Gasteiger partial charge in [-0.3, -0.25) is 9.80 Å². The lowest BCUT2D eigenvalue weighted by atomic mass is 9.98. The van der Waals surface area contributed by atoms with E-state index >= 15 is 0 Å². The number of piperazine rings is 1. The van der Waals surface area contributed by atoms with Gasteiger partial charge in [-0.05, 0) is 39.2 Å². The Labute approximate surface area is 112 Å². The summed E-state index contributed by atoms with van der Waals surface area (Å²) in [5, 5.41) is 0. The minimum Gasteiger partial charge on any atom is -0.380 e. The predicted octanol–water partition coefficient (Wildman–Crippen LogP) is 2.22. The second-order valence-electron chi connectivity index (χ2n) is 6.31. The number of hydrogen-bond donors (Lipinski definition) is 0. The van der Waals surface area contributed by atoms with Crippen LogP contribution in [0.4, 0.5) is 0 Å². The maximum Gasteiger partial charge on any atom is 0.0624 e. The molecule has 0 aromatic heterocycles. The molecule has 2 rings (SSSR count). The normalized spacial score (nSPS) is 31.8. The summed E-state index contributed by atoms with van der Waals surface area (Å²) in [6, 6.07) is 2.07. The zero-order chi connectivity index (χ0) is 13.1. The Bertz CT molecular complexity index is 257. The highest BCUT2D eigenvalue weighted by molar-refractivity contribution is 4.93. The molecule has 0 amide bonds. The van der Waals surface area contributed by atoms with Gasteiger partial charge >= 0.3 is 0 Å². The average Bonchev–Trinajstić information content (AvgIpc) is 2.76. The van der Waals surface area contributed by atoms with Gasteiger partial charge in [-0.1, -0.05) is 13.8 Å². The molecular formula is C15H30N2O. The van der Waals surface area contributed by atoms with Crippen molar-refractivity contribution < 1.29 is 4.74 Å². The third-order valence-electron chi connectivity index (χ3n) is 4.67. The molecule has 2 fully saturated rings. The van der Waals surface area contributed by atoms with Crippen LogP contribution >= 0.6 is 0 Å². The molecule has 2 saturated heterocycles. The van der Waals surface area contributed by atoms with E-state index in [1.165, 1.54) is 32.5 Å². The van der Waals surface area contributed by atoms with Crippen LogP contribution in [0.2, 0.25) is 0 Å². The van der Waals surface area contributed by atoms with Crippen molar-refractivity contribution >= 4 is 0 Å². The van der Waals surface area contributed by atoms with Crippen LogP contribution in [0.15, 0.2) is 0 Å². The molecule has 3 heteroatoms. The first-order valence-electron chi connectivity index (χ1n) is 7.71. The highest BCUT2D eigenvalue weighted by Crippen LogP contribution is 2.27. The summed E-state index contributed by atoms with van der Waals surface area (Å²) in [4.78, 5) is 5.41. The first kappa shape index (κ1) is 14.3. The minimum atomic E-state index is 0.586. The van der Waals surface area contributed by atoms with Gasteiger partial charge in [0.05, 0.1) is 6.61 Å². The monoisotopic (exact) mass is 254 g/mol. The molecule has 106 valence electrons. The van der Waals surface area contributed by atoms with Crippen LogP contribution in [0.1, 0.15) is 40.5 Å². The predicted molar refractivity (Wildman–Crippen MR) is 75.9 cm³/mol. The highest BCUT2D eigenvalue weighted by Gasteiger charge is 2.37. The second-order valence-corrected chi connectivity index (χ2v) is 6.31. The lowest BCUT2D eigenvalue weighted by Gasteiger charge is -2.47. The topological polar surface area (TPSA) is 15.7 Å². The van der Waals surface area contributed by atoms with Gasteiger partial charge in [0.15, 0.2) is 0 Å². The molecule has 0 spiro atoms. The van der Waals surface area contributed by atoms with Crippen molar-refractivity contribution in [1.82, 2.24) is 9.80 Å². The first-order valence-corrected chi connectivity index (χ1v) is 7.71. The Balaban J connectivity index is 1.99. The number of nitrogens with zero attached hydrogens (tertiary/aromatic N) is 2. The Morgan fingerprint density at radius 1 is 1.28 bits per heavy atom. The summed E-state index contributed by atoms with van der Waals surface area (Å²) in [6.07, 6.45) is 2.78. The van der Waals surface area contributed by atoms with Crippen molar-refractivity contribution in [2.24, 2.45) is 5.92 Å². The summed E-state index contributed by atoms with van der Waals surface area (Å²) < 4.78 is 5.71. The van der Waals surface area contributed by atoms with Crippen molar-refractivity contribution in [2.45, 2.75) is 58.7 Å². The molecule has 0 bridgehead atoms. The van der Waals surface area contributed by atoms with E-state index in [2.05, 4.69) is 37.5 Å². The van der Waals surface area contributed by atoms with Crippen molar-refractivity contribution in [2.75, 3.05) is 32.8 Å². The third kappa shape index (κ3) is 3.06. The van der Waals surface area contributed by atoms with Gasteiger partial charge in [0.25, 0.3) is 0 Å². The SMILES string of the molecule is CCOCC(C(C)C)N1CC2CCCN2CC1C. The highest BCUT2D eigenvalue weighted by atomic mass is 16.5. The lowest BCUT2D eigenvalue weighted by Crippen LogP contribution is -2.60. The second kappa shape index (κ2) is 6.36. The Hall–Kier alpha value is -0.120.